The van der Waals surface area contributed by atoms with Gasteiger partial charge in [0.25, 0.3) is 0 Å². The molecule has 0 amide bonds. The summed E-state index contributed by atoms with van der Waals surface area (Å²) in [7, 11) is 0. The second kappa shape index (κ2) is 7.60. The van der Waals surface area contributed by atoms with Gasteiger partial charge in [0.2, 0.25) is 0 Å². The summed E-state index contributed by atoms with van der Waals surface area (Å²) in [5, 5.41) is 13.4. The van der Waals surface area contributed by atoms with E-state index in [1.165, 1.54) is 12.0 Å². The molecule has 0 spiro atoms. The number of halogens is 2. The highest BCUT2D eigenvalue weighted by molar-refractivity contribution is 14.1. The first-order valence-corrected chi connectivity index (χ1v) is 9.33. The van der Waals surface area contributed by atoms with Crippen molar-refractivity contribution < 1.29 is 5.11 Å². The van der Waals surface area contributed by atoms with Gasteiger partial charge in [-0.1, -0.05) is 20.3 Å². The quantitative estimate of drug-likeness (QED) is 0.621. The molecule has 0 aromatic heterocycles. The summed E-state index contributed by atoms with van der Waals surface area (Å²) in [6, 6.07) is 4.75. The molecule has 1 aromatic carbocycles. The predicted molar refractivity (Wildman–Crippen MR) is 100 cm³/mol. The normalized spacial score (nSPS) is 19.8. The third-order valence-corrected chi connectivity index (χ3v) is 5.75. The molecule has 1 saturated heterocycles. The van der Waals surface area contributed by atoms with Gasteiger partial charge in [-0.25, -0.2) is 0 Å². The van der Waals surface area contributed by atoms with Gasteiger partial charge < -0.3 is 10.4 Å². The number of hydrogen-bond donors (Lipinski definition) is 2. The monoisotopic (exact) mass is 500 g/mol. The van der Waals surface area contributed by atoms with Crippen LogP contribution in [-0.4, -0.2) is 36.2 Å². The van der Waals surface area contributed by atoms with Crippen molar-refractivity contribution in [2.75, 3.05) is 26.2 Å². The molecule has 20 heavy (non-hydrogen) atoms. The van der Waals surface area contributed by atoms with Crippen LogP contribution in [0.1, 0.15) is 31.9 Å². The predicted octanol–water partition coefficient (Wildman–Crippen LogP) is 3.59. The molecule has 1 unspecified atom stereocenters. The first-order chi connectivity index (χ1) is 9.54. The maximum atomic E-state index is 9.98. The number of piperazine rings is 1. The number of hydrogen-bond acceptors (Lipinski definition) is 3. The van der Waals surface area contributed by atoms with Gasteiger partial charge in [0.15, 0.2) is 0 Å². The molecule has 0 radical (unpaired) electrons. The molecule has 1 aliphatic heterocycles. The Bertz CT molecular complexity index is 438. The topological polar surface area (TPSA) is 35.5 Å². The van der Waals surface area contributed by atoms with Crippen molar-refractivity contribution in [3.63, 3.8) is 0 Å². The number of phenolic OH excluding ortho intramolecular Hbond substituents is 1. The van der Waals surface area contributed by atoms with E-state index in [-0.39, 0.29) is 0 Å². The Hall–Kier alpha value is 0.400. The minimum Gasteiger partial charge on any atom is -0.506 e. The van der Waals surface area contributed by atoms with E-state index in [1.807, 2.05) is 0 Å². The van der Waals surface area contributed by atoms with Gasteiger partial charge in [-0.2, -0.15) is 0 Å². The molecule has 5 heteroatoms. The lowest BCUT2D eigenvalue weighted by molar-refractivity contribution is 0.128. The van der Waals surface area contributed by atoms with E-state index in [1.54, 1.807) is 0 Å². The highest BCUT2D eigenvalue weighted by Gasteiger charge is 2.27. The summed E-state index contributed by atoms with van der Waals surface area (Å²) in [6.45, 7) is 8.93. The average Bonchev–Trinajstić information content (AvgIpc) is 2.46. The van der Waals surface area contributed by atoms with Crippen LogP contribution in [-0.2, 0) is 0 Å². The summed E-state index contributed by atoms with van der Waals surface area (Å²) in [6.07, 6.45) is 1.17. The molecule has 2 rings (SSSR count). The van der Waals surface area contributed by atoms with Crippen LogP contribution in [0.5, 0.6) is 5.75 Å². The van der Waals surface area contributed by atoms with Crippen LogP contribution in [0.25, 0.3) is 0 Å². The Morgan fingerprint density at radius 1 is 1.25 bits per heavy atom. The smallest absolute Gasteiger partial charge is 0.142 e. The summed E-state index contributed by atoms with van der Waals surface area (Å²) in [4.78, 5) is 2.59. The number of nitrogens with one attached hydrogen (secondary N) is 1. The van der Waals surface area contributed by atoms with Crippen molar-refractivity contribution in [1.29, 1.82) is 0 Å². The summed E-state index contributed by atoms with van der Waals surface area (Å²) in [5.74, 6) is 1.03. The molecule has 0 bridgehead atoms. The third kappa shape index (κ3) is 3.78. The van der Waals surface area contributed by atoms with Crippen LogP contribution in [0.3, 0.4) is 0 Å². The molecule has 1 aliphatic rings. The maximum absolute atomic E-state index is 9.98. The molecule has 0 saturated carbocycles. The largest absolute Gasteiger partial charge is 0.506 e. The molecule has 2 N–H and O–H groups in total. The standard InChI is InChI=1S/C15H22I2N2O/c1-3-10(2)14(19-6-4-18-5-7-19)11-8-12(16)15(20)13(17)9-11/h8-10,14,18,20H,3-7H2,1-2H3/t10?,14-/m0/s1. The van der Waals surface area contributed by atoms with E-state index >= 15 is 0 Å². The number of aromatic hydroxyl groups is 1. The van der Waals surface area contributed by atoms with Gasteiger partial charge in [-0.3, -0.25) is 4.90 Å². The van der Waals surface area contributed by atoms with Gasteiger partial charge in [-0.05, 0) is 68.8 Å². The van der Waals surface area contributed by atoms with Crippen LogP contribution in [0.4, 0.5) is 0 Å². The second-order valence-electron chi connectivity index (χ2n) is 5.45. The zero-order chi connectivity index (χ0) is 14.7. The molecule has 112 valence electrons. The van der Waals surface area contributed by atoms with Gasteiger partial charge in [-0.15, -0.1) is 0 Å². The maximum Gasteiger partial charge on any atom is 0.142 e. The summed E-state index contributed by atoms with van der Waals surface area (Å²) >= 11 is 4.46. The SMILES string of the molecule is CCC(C)[C@@H](c1cc(I)c(O)c(I)c1)N1CCNCC1. The molecular weight excluding hydrogens is 478 g/mol. The Kier molecular flexibility index (Phi) is 6.37. The molecule has 1 heterocycles. The minimum absolute atomic E-state index is 0.415. The molecular formula is C15H22I2N2O. The lowest BCUT2D eigenvalue weighted by atomic mass is 9.90. The van der Waals surface area contributed by atoms with E-state index < -0.39 is 0 Å². The van der Waals surface area contributed by atoms with E-state index in [0.717, 1.165) is 33.3 Å². The zero-order valence-electron chi connectivity index (χ0n) is 12.0. The first-order valence-electron chi connectivity index (χ1n) is 7.17. The lowest BCUT2D eigenvalue weighted by Crippen LogP contribution is -2.46. The van der Waals surface area contributed by atoms with Gasteiger partial charge in [0, 0.05) is 32.2 Å². The number of phenols is 1. The van der Waals surface area contributed by atoms with Gasteiger partial charge in [0.1, 0.15) is 5.75 Å². The number of benzene rings is 1. The van der Waals surface area contributed by atoms with Crippen LogP contribution in [0.2, 0.25) is 0 Å². The van der Waals surface area contributed by atoms with Crippen LogP contribution >= 0.6 is 45.2 Å². The summed E-state index contributed by atoms with van der Waals surface area (Å²) in [5.41, 5.74) is 1.34. The van der Waals surface area contributed by atoms with Gasteiger partial charge in [0.05, 0.1) is 7.14 Å². The van der Waals surface area contributed by atoms with Crippen LogP contribution in [0, 0.1) is 13.1 Å². The van der Waals surface area contributed by atoms with Crippen molar-refractivity contribution in [3.05, 3.63) is 24.8 Å². The van der Waals surface area contributed by atoms with E-state index in [4.69, 9.17) is 0 Å². The average molecular weight is 500 g/mol. The fourth-order valence-electron chi connectivity index (χ4n) is 2.84. The van der Waals surface area contributed by atoms with Crippen molar-refractivity contribution >= 4 is 45.2 Å². The number of nitrogens with zero attached hydrogens (tertiary/aromatic N) is 1. The number of rotatable bonds is 4. The highest BCUT2D eigenvalue weighted by Crippen LogP contribution is 2.36. The van der Waals surface area contributed by atoms with E-state index in [2.05, 4.69) is 81.4 Å². The van der Waals surface area contributed by atoms with Gasteiger partial charge >= 0.3 is 0 Å². The Labute approximate surface area is 148 Å². The molecule has 1 fully saturated rings. The van der Waals surface area contributed by atoms with Crippen molar-refractivity contribution in [3.8, 4) is 5.75 Å². The molecule has 1 aromatic rings. The van der Waals surface area contributed by atoms with Crippen LogP contribution < -0.4 is 5.32 Å². The molecule has 2 atom stereocenters. The van der Waals surface area contributed by atoms with Crippen molar-refractivity contribution in [1.82, 2.24) is 10.2 Å². The first kappa shape index (κ1) is 16.8. The van der Waals surface area contributed by atoms with E-state index in [0.29, 0.717) is 17.7 Å². The van der Waals surface area contributed by atoms with E-state index in [9.17, 15) is 5.11 Å². The minimum atomic E-state index is 0.415. The van der Waals surface area contributed by atoms with Crippen molar-refractivity contribution in [2.45, 2.75) is 26.3 Å². The van der Waals surface area contributed by atoms with Crippen molar-refractivity contribution in [2.24, 2.45) is 5.92 Å². The Morgan fingerprint density at radius 3 is 2.30 bits per heavy atom. The lowest BCUT2D eigenvalue weighted by Gasteiger charge is -2.38. The molecule has 0 aliphatic carbocycles. The summed E-state index contributed by atoms with van der Waals surface area (Å²) < 4.78 is 1.90. The fraction of sp³-hybridized carbons (Fsp3) is 0.600. The van der Waals surface area contributed by atoms with Crippen LogP contribution in [0.15, 0.2) is 12.1 Å². The zero-order valence-corrected chi connectivity index (χ0v) is 16.3. The highest BCUT2D eigenvalue weighted by atomic mass is 127. The fourth-order valence-corrected chi connectivity index (χ4v) is 4.65. The Morgan fingerprint density at radius 2 is 1.80 bits per heavy atom. The Balaban J connectivity index is 2.35. The molecule has 3 nitrogen and oxygen atoms in total. The third-order valence-electron chi connectivity index (χ3n) is 4.11. The second-order valence-corrected chi connectivity index (χ2v) is 7.77.